The van der Waals surface area contributed by atoms with Gasteiger partial charge in [0.25, 0.3) is 0 Å². The normalized spacial score (nSPS) is 13.8. The molecular formula is C12H15F4N. The summed E-state index contributed by atoms with van der Waals surface area (Å²) in [5.74, 6) is -0.694. The lowest BCUT2D eigenvalue weighted by atomic mass is 9.96. The fourth-order valence-electron chi connectivity index (χ4n) is 1.68. The SMILES string of the molecule is CCCCC(N)c1cc(F)ccc1C(F)(F)F. The Morgan fingerprint density at radius 3 is 2.47 bits per heavy atom. The van der Waals surface area contributed by atoms with E-state index in [1.165, 1.54) is 0 Å². The van der Waals surface area contributed by atoms with Crippen LogP contribution in [0, 0.1) is 5.82 Å². The van der Waals surface area contributed by atoms with E-state index in [0.29, 0.717) is 6.42 Å². The monoisotopic (exact) mass is 249 g/mol. The minimum absolute atomic E-state index is 0.161. The lowest BCUT2D eigenvalue weighted by molar-refractivity contribution is -0.138. The van der Waals surface area contributed by atoms with Crippen LogP contribution in [0.5, 0.6) is 0 Å². The van der Waals surface area contributed by atoms with Crippen LogP contribution in [0.15, 0.2) is 18.2 Å². The van der Waals surface area contributed by atoms with E-state index < -0.39 is 23.6 Å². The number of hydrogen-bond acceptors (Lipinski definition) is 1. The summed E-state index contributed by atoms with van der Waals surface area (Å²) in [6.07, 6.45) is -2.52. The van der Waals surface area contributed by atoms with Crippen LogP contribution in [0.1, 0.15) is 43.4 Å². The third-order valence-electron chi connectivity index (χ3n) is 2.59. The van der Waals surface area contributed by atoms with E-state index in [-0.39, 0.29) is 5.56 Å². The summed E-state index contributed by atoms with van der Waals surface area (Å²) in [6, 6.07) is 1.65. The van der Waals surface area contributed by atoms with E-state index in [0.717, 1.165) is 31.0 Å². The molecule has 96 valence electrons. The summed E-state index contributed by atoms with van der Waals surface area (Å²) in [5, 5.41) is 0. The van der Waals surface area contributed by atoms with E-state index >= 15 is 0 Å². The van der Waals surface area contributed by atoms with Gasteiger partial charge in [-0.1, -0.05) is 19.8 Å². The van der Waals surface area contributed by atoms with E-state index in [1.54, 1.807) is 0 Å². The van der Waals surface area contributed by atoms with Gasteiger partial charge in [-0.3, -0.25) is 0 Å². The second-order valence-electron chi connectivity index (χ2n) is 3.98. The summed E-state index contributed by atoms with van der Waals surface area (Å²) in [6.45, 7) is 1.92. The molecule has 0 aliphatic heterocycles. The Morgan fingerprint density at radius 1 is 1.29 bits per heavy atom. The van der Waals surface area contributed by atoms with Crippen molar-refractivity contribution in [3.05, 3.63) is 35.1 Å². The van der Waals surface area contributed by atoms with Gasteiger partial charge in [-0.2, -0.15) is 13.2 Å². The molecule has 0 saturated carbocycles. The Kier molecular flexibility index (Phi) is 4.51. The Bertz CT molecular complexity index is 373. The molecule has 17 heavy (non-hydrogen) atoms. The van der Waals surface area contributed by atoms with Crippen LogP contribution in [-0.4, -0.2) is 0 Å². The first kappa shape index (κ1) is 14.0. The molecule has 0 heterocycles. The van der Waals surface area contributed by atoms with Crippen molar-refractivity contribution in [1.29, 1.82) is 0 Å². The van der Waals surface area contributed by atoms with Gasteiger partial charge in [0.1, 0.15) is 5.82 Å². The van der Waals surface area contributed by atoms with Crippen molar-refractivity contribution < 1.29 is 17.6 Å². The topological polar surface area (TPSA) is 26.0 Å². The second-order valence-corrected chi connectivity index (χ2v) is 3.98. The quantitative estimate of drug-likeness (QED) is 0.801. The zero-order chi connectivity index (χ0) is 13.1. The summed E-state index contributed by atoms with van der Waals surface area (Å²) in [4.78, 5) is 0. The van der Waals surface area contributed by atoms with Gasteiger partial charge in [-0.05, 0) is 30.2 Å². The number of rotatable bonds is 4. The van der Waals surface area contributed by atoms with Crippen LogP contribution in [0.25, 0.3) is 0 Å². The second kappa shape index (κ2) is 5.49. The average Bonchev–Trinajstić information content (AvgIpc) is 2.24. The van der Waals surface area contributed by atoms with E-state index in [9.17, 15) is 17.6 Å². The summed E-state index contributed by atoms with van der Waals surface area (Å²) in [7, 11) is 0. The maximum Gasteiger partial charge on any atom is 0.416 e. The molecule has 1 nitrogen and oxygen atoms in total. The van der Waals surface area contributed by atoms with Crippen LogP contribution in [0.2, 0.25) is 0 Å². The molecule has 1 aromatic carbocycles. The minimum Gasteiger partial charge on any atom is -0.324 e. The van der Waals surface area contributed by atoms with Gasteiger partial charge in [0, 0.05) is 6.04 Å². The van der Waals surface area contributed by atoms with Crippen LogP contribution >= 0.6 is 0 Å². The standard InChI is InChI=1S/C12H15F4N/c1-2-3-4-11(17)9-7-8(13)5-6-10(9)12(14,15)16/h5-7,11H,2-4,17H2,1H3. The lowest BCUT2D eigenvalue weighted by Crippen LogP contribution is -2.17. The molecule has 0 spiro atoms. The molecule has 0 aliphatic rings. The van der Waals surface area contributed by atoms with Gasteiger partial charge >= 0.3 is 6.18 Å². The number of nitrogens with two attached hydrogens (primary N) is 1. The fourth-order valence-corrected chi connectivity index (χ4v) is 1.68. The summed E-state index contributed by atoms with van der Waals surface area (Å²) < 4.78 is 51.0. The molecule has 0 amide bonds. The van der Waals surface area contributed by atoms with Crippen molar-refractivity contribution >= 4 is 0 Å². The number of benzene rings is 1. The minimum atomic E-state index is -4.49. The van der Waals surface area contributed by atoms with E-state index in [2.05, 4.69) is 0 Å². The molecule has 5 heteroatoms. The largest absolute Gasteiger partial charge is 0.416 e. The highest BCUT2D eigenvalue weighted by Gasteiger charge is 2.34. The first-order valence-corrected chi connectivity index (χ1v) is 5.48. The number of halogens is 4. The molecule has 1 aromatic rings. The third-order valence-corrected chi connectivity index (χ3v) is 2.59. The molecule has 2 N–H and O–H groups in total. The van der Waals surface area contributed by atoms with Gasteiger partial charge in [-0.15, -0.1) is 0 Å². The average molecular weight is 249 g/mol. The summed E-state index contributed by atoms with van der Waals surface area (Å²) >= 11 is 0. The van der Waals surface area contributed by atoms with Crippen molar-refractivity contribution in [1.82, 2.24) is 0 Å². The van der Waals surface area contributed by atoms with E-state index in [1.807, 2.05) is 6.92 Å². The molecule has 0 aliphatic carbocycles. The first-order chi connectivity index (χ1) is 7.86. The van der Waals surface area contributed by atoms with Crippen molar-refractivity contribution in [2.24, 2.45) is 5.73 Å². The van der Waals surface area contributed by atoms with Crippen molar-refractivity contribution in [3.8, 4) is 0 Å². The molecule has 0 aromatic heterocycles. The number of hydrogen-bond donors (Lipinski definition) is 1. The molecular weight excluding hydrogens is 234 g/mol. The van der Waals surface area contributed by atoms with Crippen LogP contribution in [0.4, 0.5) is 17.6 Å². The maximum absolute atomic E-state index is 13.0. The van der Waals surface area contributed by atoms with Crippen molar-refractivity contribution in [2.45, 2.75) is 38.4 Å². The van der Waals surface area contributed by atoms with Crippen molar-refractivity contribution in [3.63, 3.8) is 0 Å². The zero-order valence-electron chi connectivity index (χ0n) is 9.52. The molecule has 0 saturated heterocycles. The highest BCUT2D eigenvalue weighted by molar-refractivity contribution is 5.32. The molecule has 0 radical (unpaired) electrons. The zero-order valence-corrected chi connectivity index (χ0v) is 9.52. The van der Waals surface area contributed by atoms with Gasteiger partial charge < -0.3 is 5.73 Å². The number of alkyl halides is 3. The Labute approximate surface area is 97.6 Å². The number of unbranched alkanes of at least 4 members (excludes halogenated alkanes) is 1. The molecule has 1 atom stereocenters. The van der Waals surface area contributed by atoms with Crippen molar-refractivity contribution in [2.75, 3.05) is 0 Å². The van der Waals surface area contributed by atoms with Crippen LogP contribution in [-0.2, 0) is 6.18 Å². The smallest absolute Gasteiger partial charge is 0.324 e. The fraction of sp³-hybridized carbons (Fsp3) is 0.500. The highest BCUT2D eigenvalue weighted by atomic mass is 19.4. The molecule has 1 rings (SSSR count). The Balaban J connectivity index is 3.07. The Morgan fingerprint density at radius 2 is 1.94 bits per heavy atom. The van der Waals surface area contributed by atoms with Gasteiger partial charge in [0.05, 0.1) is 5.56 Å². The summed E-state index contributed by atoms with van der Waals surface area (Å²) in [5.41, 5.74) is 4.67. The van der Waals surface area contributed by atoms with Crippen LogP contribution < -0.4 is 5.73 Å². The predicted octanol–water partition coefficient (Wildman–Crippen LogP) is 4.03. The highest BCUT2D eigenvalue weighted by Crippen LogP contribution is 2.35. The van der Waals surface area contributed by atoms with Gasteiger partial charge in [0.15, 0.2) is 0 Å². The van der Waals surface area contributed by atoms with Gasteiger partial charge in [-0.25, -0.2) is 4.39 Å². The molecule has 0 bridgehead atoms. The predicted molar refractivity (Wildman–Crippen MR) is 57.9 cm³/mol. The third kappa shape index (κ3) is 3.70. The lowest BCUT2D eigenvalue weighted by Gasteiger charge is -2.18. The maximum atomic E-state index is 13.0. The molecule has 1 unspecified atom stereocenters. The molecule has 0 fully saturated rings. The first-order valence-electron chi connectivity index (χ1n) is 5.48. The van der Waals surface area contributed by atoms with E-state index in [4.69, 9.17) is 5.73 Å². The Hall–Kier alpha value is -1.10. The van der Waals surface area contributed by atoms with Gasteiger partial charge in [0.2, 0.25) is 0 Å². The van der Waals surface area contributed by atoms with Crippen LogP contribution in [0.3, 0.4) is 0 Å².